The molecule has 0 spiro atoms. The molecule has 0 fully saturated rings. The third kappa shape index (κ3) is 4.15. The van der Waals surface area contributed by atoms with E-state index < -0.39 is 0 Å². The second kappa shape index (κ2) is 5.11. The Kier molecular flexibility index (Phi) is 4.17. The summed E-state index contributed by atoms with van der Waals surface area (Å²) in [4.78, 5) is 4.57. The van der Waals surface area contributed by atoms with Crippen molar-refractivity contribution in [1.82, 2.24) is 5.43 Å². The summed E-state index contributed by atoms with van der Waals surface area (Å²) in [6.07, 6.45) is 0. The average Bonchev–Trinajstić information content (AvgIpc) is 2.24. The van der Waals surface area contributed by atoms with Crippen molar-refractivity contribution in [3.8, 4) is 0 Å². The summed E-state index contributed by atoms with van der Waals surface area (Å²) < 4.78 is 0. The Morgan fingerprint density at radius 3 is 1.83 bits per heavy atom. The number of benzene rings is 1. The Morgan fingerprint density at radius 2 is 1.50 bits per heavy atom. The van der Waals surface area contributed by atoms with E-state index in [1.54, 1.807) is 0 Å². The quantitative estimate of drug-likeness (QED) is 0.347. The fourth-order valence-electron chi connectivity index (χ4n) is 1.64. The lowest BCUT2D eigenvalue weighted by molar-refractivity contribution is 0.579. The Labute approximate surface area is 110 Å². The Balaban J connectivity index is 3.07. The molecule has 0 aromatic heterocycles. The number of nitrogens with two attached hydrogens (primary N) is 1. The van der Waals surface area contributed by atoms with Crippen molar-refractivity contribution in [2.75, 3.05) is 0 Å². The molecule has 0 aliphatic carbocycles. The van der Waals surface area contributed by atoms with Crippen molar-refractivity contribution in [3.63, 3.8) is 0 Å². The molecule has 0 aliphatic rings. The monoisotopic (exact) mass is 247 g/mol. The molecule has 0 unspecified atom stereocenters. The zero-order chi connectivity index (χ0) is 14.0. The van der Waals surface area contributed by atoms with Crippen molar-refractivity contribution in [1.29, 1.82) is 0 Å². The molecule has 0 radical (unpaired) electrons. The van der Waals surface area contributed by atoms with Gasteiger partial charge in [-0.25, -0.2) is 5.84 Å². The smallest absolute Gasteiger partial charge is 0.143 e. The van der Waals surface area contributed by atoms with E-state index in [2.05, 4.69) is 55.5 Å². The third-order valence-electron chi connectivity index (χ3n) is 2.61. The van der Waals surface area contributed by atoms with Crippen LogP contribution in [0.4, 0.5) is 0 Å². The highest BCUT2D eigenvalue weighted by molar-refractivity contribution is 5.98. The standard InChI is InChI=1S/C15H25N3/c1-14(2,3)12-9-7-11(8-10-12)13(18-16)17-15(4,5)6/h7-10H,16H2,1-6H3,(H,17,18). The van der Waals surface area contributed by atoms with E-state index >= 15 is 0 Å². The van der Waals surface area contributed by atoms with Crippen LogP contribution in [0.5, 0.6) is 0 Å². The van der Waals surface area contributed by atoms with E-state index in [0.29, 0.717) is 0 Å². The molecular formula is C15H25N3. The largest absolute Gasteiger partial charge is 0.308 e. The number of rotatable bonds is 1. The van der Waals surface area contributed by atoms with Gasteiger partial charge in [-0.15, -0.1) is 0 Å². The zero-order valence-corrected chi connectivity index (χ0v) is 12.3. The van der Waals surface area contributed by atoms with E-state index in [4.69, 9.17) is 5.84 Å². The van der Waals surface area contributed by atoms with Crippen molar-refractivity contribution in [3.05, 3.63) is 35.4 Å². The minimum atomic E-state index is -0.148. The first-order valence-corrected chi connectivity index (χ1v) is 6.31. The molecule has 0 bridgehead atoms. The molecule has 0 aliphatic heterocycles. The van der Waals surface area contributed by atoms with Crippen LogP contribution in [0.25, 0.3) is 0 Å². The molecule has 1 aromatic carbocycles. The molecule has 0 saturated carbocycles. The summed E-state index contributed by atoms with van der Waals surface area (Å²) in [6.45, 7) is 12.8. The molecule has 100 valence electrons. The molecule has 1 rings (SSSR count). The van der Waals surface area contributed by atoms with Crippen LogP contribution in [0.1, 0.15) is 52.7 Å². The summed E-state index contributed by atoms with van der Waals surface area (Å²) in [6, 6.07) is 8.38. The van der Waals surface area contributed by atoms with Gasteiger partial charge in [0.2, 0.25) is 0 Å². The van der Waals surface area contributed by atoms with E-state index in [1.807, 2.05) is 20.8 Å². The molecule has 3 N–H and O–H groups in total. The van der Waals surface area contributed by atoms with Crippen LogP contribution < -0.4 is 11.3 Å². The maximum Gasteiger partial charge on any atom is 0.143 e. The second-order valence-corrected chi connectivity index (χ2v) is 6.60. The normalized spacial score (nSPS) is 13.6. The number of amidine groups is 1. The fraction of sp³-hybridized carbons (Fsp3) is 0.533. The first kappa shape index (κ1) is 14.7. The van der Waals surface area contributed by atoms with Crippen LogP contribution in [0.3, 0.4) is 0 Å². The molecule has 0 heterocycles. The molecule has 0 atom stereocenters. The third-order valence-corrected chi connectivity index (χ3v) is 2.61. The number of nitrogens with one attached hydrogen (secondary N) is 1. The van der Waals surface area contributed by atoms with Crippen molar-refractivity contribution in [2.45, 2.75) is 52.5 Å². The molecule has 1 aromatic rings. The summed E-state index contributed by atoms with van der Waals surface area (Å²) in [5.41, 5.74) is 5.02. The molecule has 3 heteroatoms. The van der Waals surface area contributed by atoms with Gasteiger partial charge in [0.05, 0.1) is 5.54 Å². The lowest BCUT2D eigenvalue weighted by Crippen LogP contribution is -2.33. The van der Waals surface area contributed by atoms with Crippen LogP contribution in [0.15, 0.2) is 29.3 Å². The Morgan fingerprint density at radius 1 is 1.00 bits per heavy atom. The molecule has 0 amide bonds. The number of aliphatic imine (C=N–C) groups is 1. The Bertz CT molecular complexity index is 417. The molecule has 18 heavy (non-hydrogen) atoms. The number of hydrogen-bond donors (Lipinski definition) is 2. The molecule has 0 saturated heterocycles. The van der Waals surface area contributed by atoms with Gasteiger partial charge in [0.1, 0.15) is 5.84 Å². The highest BCUT2D eigenvalue weighted by Gasteiger charge is 2.15. The van der Waals surface area contributed by atoms with E-state index in [0.717, 1.165) is 11.4 Å². The summed E-state index contributed by atoms with van der Waals surface area (Å²) in [5.74, 6) is 6.28. The number of hydrogen-bond acceptors (Lipinski definition) is 2. The van der Waals surface area contributed by atoms with Crippen molar-refractivity contribution >= 4 is 5.84 Å². The van der Waals surface area contributed by atoms with Gasteiger partial charge in [0.15, 0.2) is 0 Å². The van der Waals surface area contributed by atoms with Crippen LogP contribution in [-0.4, -0.2) is 11.4 Å². The summed E-state index contributed by atoms with van der Waals surface area (Å²) in [7, 11) is 0. The van der Waals surface area contributed by atoms with Gasteiger partial charge < -0.3 is 5.43 Å². The predicted molar refractivity (Wildman–Crippen MR) is 78.8 cm³/mol. The predicted octanol–water partition coefficient (Wildman–Crippen LogP) is 2.99. The van der Waals surface area contributed by atoms with Gasteiger partial charge in [-0.05, 0) is 31.7 Å². The highest BCUT2D eigenvalue weighted by atomic mass is 15.3. The fourth-order valence-corrected chi connectivity index (χ4v) is 1.64. The van der Waals surface area contributed by atoms with E-state index in [9.17, 15) is 0 Å². The van der Waals surface area contributed by atoms with Crippen LogP contribution in [0, 0.1) is 0 Å². The van der Waals surface area contributed by atoms with Crippen LogP contribution in [-0.2, 0) is 5.41 Å². The maximum absolute atomic E-state index is 5.56. The van der Waals surface area contributed by atoms with Crippen LogP contribution >= 0.6 is 0 Å². The van der Waals surface area contributed by atoms with Gasteiger partial charge >= 0.3 is 0 Å². The molecule has 3 nitrogen and oxygen atoms in total. The minimum absolute atomic E-state index is 0.148. The van der Waals surface area contributed by atoms with Crippen LogP contribution in [0.2, 0.25) is 0 Å². The maximum atomic E-state index is 5.56. The van der Waals surface area contributed by atoms with Crippen molar-refractivity contribution < 1.29 is 0 Å². The minimum Gasteiger partial charge on any atom is -0.308 e. The first-order chi connectivity index (χ1) is 8.13. The lowest BCUT2D eigenvalue weighted by atomic mass is 9.86. The summed E-state index contributed by atoms with van der Waals surface area (Å²) >= 11 is 0. The number of nitrogens with zero attached hydrogens (tertiary/aromatic N) is 1. The SMILES string of the molecule is CC(C)(C)N=C(NN)c1ccc(C(C)(C)C)cc1. The van der Waals surface area contributed by atoms with Gasteiger partial charge in [-0.1, -0.05) is 45.0 Å². The second-order valence-electron chi connectivity index (χ2n) is 6.60. The number of hydrazine groups is 1. The first-order valence-electron chi connectivity index (χ1n) is 6.31. The van der Waals surface area contributed by atoms with E-state index in [1.165, 1.54) is 5.56 Å². The van der Waals surface area contributed by atoms with Gasteiger partial charge in [0.25, 0.3) is 0 Å². The average molecular weight is 247 g/mol. The van der Waals surface area contributed by atoms with Gasteiger partial charge in [0, 0.05) is 5.56 Å². The lowest BCUT2D eigenvalue weighted by Gasteiger charge is -2.20. The topological polar surface area (TPSA) is 50.4 Å². The zero-order valence-electron chi connectivity index (χ0n) is 12.3. The Hall–Kier alpha value is -1.35. The van der Waals surface area contributed by atoms with E-state index in [-0.39, 0.29) is 11.0 Å². The summed E-state index contributed by atoms with van der Waals surface area (Å²) in [5, 5.41) is 0. The highest BCUT2D eigenvalue weighted by Crippen LogP contribution is 2.22. The van der Waals surface area contributed by atoms with Crippen molar-refractivity contribution in [2.24, 2.45) is 10.8 Å². The van der Waals surface area contributed by atoms with Gasteiger partial charge in [-0.2, -0.15) is 0 Å². The van der Waals surface area contributed by atoms with Gasteiger partial charge in [-0.3, -0.25) is 4.99 Å². The molecular weight excluding hydrogens is 222 g/mol.